The summed E-state index contributed by atoms with van der Waals surface area (Å²) in [6.07, 6.45) is 4.32. The molecule has 2 aliphatic rings. The number of nitrogens with zero attached hydrogens (tertiary/aromatic N) is 1. The molecule has 2 N–H and O–H groups in total. The van der Waals surface area contributed by atoms with Crippen molar-refractivity contribution >= 4 is 17.7 Å². The molecule has 2 unspecified atom stereocenters. The molecule has 1 heterocycles. The molecule has 2 rings (SSSR count). The normalized spacial score (nSPS) is 29.8. The Hall–Kier alpha value is -1.91. The van der Waals surface area contributed by atoms with E-state index in [1.54, 1.807) is 13.0 Å². The first-order valence-electron chi connectivity index (χ1n) is 6.83. The second-order valence-corrected chi connectivity index (χ2v) is 5.93. The van der Waals surface area contributed by atoms with Crippen LogP contribution in [0.5, 0.6) is 0 Å². The molecule has 0 aromatic rings. The Morgan fingerprint density at radius 2 is 2.20 bits per heavy atom. The minimum absolute atomic E-state index is 0.0420. The molecular weight excluding hydrogens is 256 g/mol. The highest BCUT2D eigenvalue weighted by molar-refractivity contribution is 6.20. The first-order valence-corrected chi connectivity index (χ1v) is 6.83. The van der Waals surface area contributed by atoms with Crippen molar-refractivity contribution in [3.8, 4) is 0 Å². The molecule has 0 spiro atoms. The Kier molecular flexibility index (Phi) is 3.54. The predicted octanol–water partition coefficient (Wildman–Crippen LogP) is 1.91. The zero-order chi connectivity index (χ0) is 15.1. The van der Waals surface area contributed by atoms with Crippen molar-refractivity contribution in [2.24, 2.45) is 16.8 Å². The van der Waals surface area contributed by atoms with Crippen molar-refractivity contribution in [2.45, 2.75) is 39.7 Å². The van der Waals surface area contributed by atoms with Crippen LogP contribution in [-0.4, -0.2) is 28.4 Å². The summed E-state index contributed by atoms with van der Waals surface area (Å²) in [5.41, 5.74) is -0.0906. The molecule has 1 aliphatic heterocycles. The van der Waals surface area contributed by atoms with Crippen LogP contribution in [0.15, 0.2) is 28.3 Å². The fourth-order valence-electron chi connectivity index (χ4n) is 2.33. The average molecular weight is 276 g/mol. The van der Waals surface area contributed by atoms with Crippen molar-refractivity contribution < 1.29 is 14.7 Å². The highest BCUT2D eigenvalue weighted by Gasteiger charge is 2.43. The van der Waals surface area contributed by atoms with Crippen LogP contribution in [0.4, 0.5) is 0 Å². The van der Waals surface area contributed by atoms with Crippen molar-refractivity contribution in [3.63, 3.8) is 0 Å². The van der Waals surface area contributed by atoms with Gasteiger partial charge >= 0.3 is 5.97 Å². The van der Waals surface area contributed by atoms with E-state index in [4.69, 9.17) is 0 Å². The minimum atomic E-state index is -0.988. The van der Waals surface area contributed by atoms with Crippen molar-refractivity contribution in [1.82, 2.24) is 5.32 Å². The molecule has 0 saturated heterocycles. The maximum absolute atomic E-state index is 12.1. The monoisotopic (exact) mass is 276 g/mol. The van der Waals surface area contributed by atoms with E-state index in [0.717, 1.165) is 6.42 Å². The van der Waals surface area contributed by atoms with E-state index < -0.39 is 11.5 Å². The predicted molar refractivity (Wildman–Crippen MR) is 76.4 cm³/mol. The Morgan fingerprint density at radius 1 is 1.55 bits per heavy atom. The summed E-state index contributed by atoms with van der Waals surface area (Å²) in [4.78, 5) is 27.9. The van der Waals surface area contributed by atoms with Crippen LogP contribution in [0.1, 0.15) is 34.1 Å². The maximum Gasteiger partial charge on any atom is 0.336 e. The van der Waals surface area contributed by atoms with Gasteiger partial charge in [-0.05, 0) is 25.2 Å². The summed E-state index contributed by atoms with van der Waals surface area (Å²) in [5.74, 6) is -0.559. The van der Waals surface area contributed by atoms with Crippen LogP contribution in [0.3, 0.4) is 0 Å². The van der Waals surface area contributed by atoms with Gasteiger partial charge in [0.25, 0.3) is 5.91 Å². The number of rotatable bonds is 3. The number of carbonyl (C=O) groups excluding carboxylic acids is 1. The van der Waals surface area contributed by atoms with E-state index in [-0.39, 0.29) is 23.3 Å². The lowest BCUT2D eigenvalue weighted by Crippen LogP contribution is -2.41. The number of hydrogen-bond donors (Lipinski definition) is 2. The van der Waals surface area contributed by atoms with Gasteiger partial charge in [-0.15, -0.1) is 0 Å². The fourth-order valence-corrected chi connectivity index (χ4v) is 2.33. The molecule has 108 valence electrons. The molecule has 1 aliphatic carbocycles. The number of carboxylic acid groups (broad SMARTS) is 1. The number of aliphatic imine (C=N–C) groups is 1. The van der Waals surface area contributed by atoms with Gasteiger partial charge in [-0.25, -0.2) is 4.79 Å². The molecule has 0 bridgehead atoms. The highest BCUT2D eigenvalue weighted by Crippen LogP contribution is 2.30. The number of allylic oxidation sites excluding steroid dienone is 2. The van der Waals surface area contributed by atoms with Crippen LogP contribution >= 0.6 is 0 Å². The molecule has 5 nitrogen and oxygen atoms in total. The Morgan fingerprint density at radius 3 is 2.70 bits per heavy atom. The quantitative estimate of drug-likeness (QED) is 0.826. The molecule has 0 fully saturated rings. The van der Waals surface area contributed by atoms with Crippen LogP contribution in [0.25, 0.3) is 0 Å². The van der Waals surface area contributed by atoms with E-state index in [2.05, 4.69) is 10.3 Å². The number of carboxylic acids is 1. The molecule has 0 aromatic heterocycles. The lowest BCUT2D eigenvalue weighted by atomic mass is 9.89. The molecule has 0 aromatic carbocycles. The summed E-state index contributed by atoms with van der Waals surface area (Å²) in [5, 5.41) is 12.0. The molecular formula is C15H20N2O3. The smallest absolute Gasteiger partial charge is 0.336 e. The van der Waals surface area contributed by atoms with Crippen LogP contribution in [0.2, 0.25) is 0 Å². The first-order chi connectivity index (χ1) is 9.25. The van der Waals surface area contributed by atoms with Crippen LogP contribution < -0.4 is 5.32 Å². The van der Waals surface area contributed by atoms with E-state index in [1.807, 2.05) is 26.8 Å². The SMILES string of the molecule is CC1C=C(C(=O)O)C(C2=NC(C)(C(C)C)C(=O)N2)=CC1. The van der Waals surface area contributed by atoms with Gasteiger partial charge in [-0.2, -0.15) is 0 Å². The number of aliphatic carboxylic acids is 1. The lowest BCUT2D eigenvalue weighted by Gasteiger charge is -2.21. The standard InChI is InChI=1S/C15H20N2O3/c1-8(2)15(4)14(20)16-12(17-15)10-6-5-9(3)7-11(10)13(18)19/h6-9H,5H2,1-4H3,(H,18,19)(H,16,17,20). The first kappa shape index (κ1) is 14.5. The summed E-state index contributed by atoms with van der Waals surface area (Å²) in [7, 11) is 0. The maximum atomic E-state index is 12.1. The van der Waals surface area contributed by atoms with Gasteiger partial charge in [-0.1, -0.05) is 32.9 Å². The second kappa shape index (κ2) is 4.89. The average Bonchev–Trinajstić information content (AvgIpc) is 2.66. The van der Waals surface area contributed by atoms with Gasteiger partial charge < -0.3 is 10.4 Å². The lowest BCUT2D eigenvalue weighted by molar-refractivity contribution is -0.132. The largest absolute Gasteiger partial charge is 0.478 e. The number of carbonyl (C=O) groups is 2. The molecule has 0 saturated carbocycles. The number of amides is 1. The third kappa shape index (κ3) is 2.28. The van der Waals surface area contributed by atoms with E-state index in [9.17, 15) is 14.7 Å². The Balaban J connectivity index is 2.40. The zero-order valence-electron chi connectivity index (χ0n) is 12.2. The van der Waals surface area contributed by atoms with Crippen molar-refractivity contribution in [2.75, 3.05) is 0 Å². The van der Waals surface area contributed by atoms with Gasteiger partial charge in [0.1, 0.15) is 11.4 Å². The molecule has 2 atom stereocenters. The summed E-state index contributed by atoms with van der Waals surface area (Å²) in [6.45, 7) is 7.59. The molecule has 1 amide bonds. The minimum Gasteiger partial charge on any atom is -0.478 e. The topological polar surface area (TPSA) is 78.8 Å². The van der Waals surface area contributed by atoms with Gasteiger partial charge in [0.05, 0.1) is 5.57 Å². The Labute approximate surface area is 118 Å². The molecule has 0 radical (unpaired) electrons. The molecule has 20 heavy (non-hydrogen) atoms. The van der Waals surface area contributed by atoms with Gasteiger partial charge in [-0.3, -0.25) is 9.79 Å². The van der Waals surface area contributed by atoms with Crippen LogP contribution in [-0.2, 0) is 9.59 Å². The van der Waals surface area contributed by atoms with E-state index >= 15 is 0 Å². The third-order valence-electron chi connectivity index (χ3n) is 4.08. The summed E-state index contributed by atoms with van der Waals surface area (Å²) < 4.78 is 0. The van der Waals surface area contributed by atoms with Crippen molar-refractivity contribution in [3.05, 3.63) is 23.3 Å². The summed E-state index contributed by atoms with van der Waals surface area (Å²) in [6, 6.07) is 0. The van der Waals surface area contributed by atoms with E-state index in [0.29, 0.717) is 11.4 Å². The van der Waals surface area contributed by atoms with Crippen molar-refractivity contribution in [1.29, 1.82) is 0 Å². The van der Waals surface area contributed by atoms with Crippen LogP contribution in [0, 0.1) is 11.8 Å². The fraction of sp³-hybridized carbons (Fsp3) is 0.533. The number of amidine groups is 1. The van der Waals surface area contributed by atoms with Gasteiger partial charge in [0.2, 0.25) is 0 Å². The highest BCUT2D eigenvalue weighted by atomic mass is 16.4. The number of nitrogens with one attached hydrogen (secondary N) is 1. The van der Waals surface area contributed by atoms with Gasteiger partial charge in [0, 0.05) is 5.57 Å². The van der Waals surface area contributed by atoms with E-state index in [1.165, 1.54) is 0 Å². The zero-order valence-corrected chi connectivity index (χ0v) is 12.2. The summed E-state index contributed by atoms with van der Waals surface area (Å²) >= 11 is 0. The Bertz CT molecular complexity index is 557. The molecule has 5 heteroatoms. The second-order valence-electron chi connectivity index (χ2n) is 5.93. The van der Waals surface area contributed by atoms with Gasteiger partial charge in [0.15, 0.2) is 0 Å². The number of hydrogen-bond acceptors (Lipinski definition) is 3. The third-order valence-corrected chi connectivity index (χ3v) is 4.08.